The van der Waals surface area contributed by atoms with E-state index in [1.54, 1.807) is 12.6 Å². The SMILES string of the molecule is CCCNc1ncnc(NC(C)CCc2ccco2)c1C. The van der Waals surface area contributed by atoms with Gasteiger partial charge in [-0.3, -0.25) is 0 Å². The van der Waals surface area contributed by atoms with Crippen LogP contribution in [-0.2, 0) is 6.42 Å². The van der Waals surface area contributed by atoms with Crippen LogP contribution >= 0.6 is 0 Å². The van der Waals surface area contributed by atoms with Crippen molar-refractivity contribution in [2.45, 2.75) is 46.1 Å². The number of nitrogens with one attached hydrogen (secondary N) is 2. The molecule has 21 heavy (non-hydrogen) atoms. The molecule has 5 heteroatoms. The molecule has 0 aliphatic heterocycles. The van der Waals surface area contributed by atoms with E-state index in [9.17, 15) is 0 Å². The van der Waals surface area contributed by atoms with Gasteiger partial charge >= 0.3 is 0 Å². The maximum absolute atomic E-state index is 5.36. The molecule has 0 bridgehead atoms. The molecule has 2 N–H and O–H groups in total. The third-order valence-corrected chi connectivity index (χ3v) is 3.41. The molecule has 1 unspecified atom stereocenters. The zero-order valence-corrected chi connectivity index (χ0v) is 13.0. The minimum atomic E-state index is 0.322. The third kappa shape index (κ3) is 4.48. The van der Waals surface area contributed by atoms with Gasteiger partial charge in [-0.25, -0.2) is 9.97 Å². The highest BCUT2D eigenvalue weighted by molar-refractivity contribution is 5.56. The first-order chi connectivity index (χ1) is 10.2. The van der Waals surface area contributed by atoms with E-state index in [-0.39, 0.29) is 0 Å². The maximum atomic E-state index is 5.36. The van der Waals surface area contributed by atoms with Crippen LogP contribution < -0.4 is 10.6 Å². The van der Waals surface area contributed by atoms with Gasteiger partial charge in [-0.15, -0.1) is 0 Å². The van der Waals surface area contributed by atoms with E-state index >= 15 is 0 Å². The second-order valence-electron chi connectivity index (χ2n) is 5.29. The fourth-order valence-electron chi connectivity index (χ4n) is 2.14. The molecule has 0 aromatic carbocycles. The molecule has 2 rings (SSSR count). The predicted octanol–water partition coefficient (Wildman–Crippen LogP) is 3.63. The average molecular weight is 288 g/mol. The largest absolute Gasteiger partial charge is 0.469 e. The summed E-state index contributed by atoms with van der Waals surface area (Å²) in [6, 6.07) is 4.26. The highest BCUT2D eigenvalue weighted by Gasteiger charge is 2.10. The fraction of sp³-hybridized carbons (Fsp3) is 0.500. The van der Waals surface area contributed by atoms with Gasteiger partial charge in [0.25, 0.3) is 0 Å². The van der Waals surface area contributed by atoms with E-state index in [0.29, 0.717) is 6.04 Å². The van der Waals surface area contributed by atoms with E-state index in [1.165, 1.54) is 0 Å². The number of nitrogens with zero attached hydrogens (tertiary/aromatic N) is 2. The van der Waals surface area contributed by atoms with Crippen LogP contribution in [0.15, 0.2) is 29.1 Å². The van der Waals surface area contributed by atoms with Gasteiger partial charge in [0.1, 0.15) is 23.7 Å². The first-order valence-electron chi connectivity index (χ1n) is 7.55. The summed E-state index contributed by atoms with van der Waals surface area (Å²) in [5, 5.41) is 6.78. The van der Waals surface area contributed by atoms with Crippen molar-refractivity contribution >= 4 is 11.6 Å². The van der Waals surface area contributed by atoms with Crippen molar-refractivity contribution in [1.82, 2.24) is 9.97 Å². The smallest absolute Gasteiger partial charge is 0.134 e. The lowest BCUT2D eigenvalue weighted by molar-refractivity contribution is 0.495. The van der Waals surface area contributed by atoms with Gasteiger partial charge in [-0.05, 0) is 38.8 Å². The molecule has 0 spiro atoms. The molecule has 2 aromatic heterocycles. The predicted molar refractivity (Wildman–Crippen MR) is 85.7 cm³/mol. The summed E-state index contributed by atoms with van der Waals surface area (Å²) in [6.45, 7) is 7.26. The van der Waals surface area contributed by atoms with Crippen LogP contribution in [0.3, 0.4) is 0 Å². The zero-order valence-electron chi connectivity index (χ0n) is 13.0. The van der Waals surface area contributed by atoms with Crippen molar-refractivity contribution in [3.05, 3.63) is 36.0 Å². The van der Waals surface area contributed by atoms with E-state index < -0.39 is 0 Å². The molecule has 1 atom stereocenters. The van der Waals surface area contributed by atoms with E-state index in [0.717, 1.165) is 48.8 Å². The van der Waals surface area contributed by atoms with Crippen LogP contribution in [0.1, 0.15) is 38.0 Å². The minimum Gasteiger partial charge on any atom is -0.469 e. The van der Waals surface area contributed by atoms with Crippen molar-refractivity contribution in [1.29, 1.82) is 0 Å². The Kier molecular flexibility index (Phi) is 5.60. The Morgan fingerprint density at radius 1 is 1.29 bits per heavy atom. The monoisotopic (exact) mass is 288 g/mol. The minimum absolute atomic E-state index is 0.322. The highest BCUT2D eigenvalue weighted by Crippen LogP contribution is 2.19. The molecule has 114 valence electrons. The summed E-state index contributed by atoms with van der Waals surface area (Å²) in [4.78, 5) is 8.64. The van der Waals surface area contributed by atoms with E-state index in [1.807, 2.05) is 19.1 Å². The molecule has 0 radical (unpaired) electrons. The van der Waals surface area contributed by atoms with Crippen LogP contribution in [0, 0.1) is 6.92 Å². The maximum Gasteiger partial charge on any atom is 0.134 e. The molecule has 0 saturated carbocycles. The molecule has 0 saturated heterocycles. The van der Waals surface area contributed by atoms with Crippen LogP contribution in [0.2, 0.25) is 0 Å². The quantitative estimate of drug-likeness (QED) is 0.776. The Labute approximate surface area is 126 Å². The molecule has 0 fully saturated rings. The van der Waals surface area contributed by atoms with E-state index in [4.69, 9.17) is 4.42 Å². The van der Waals surface area contributed by atoms with Crippen molar-refractivity contribution in [2.24, 2.45) is 0 Å². The standard InChI is InChI=1S/C16H24N4O/c1-4-9-17-15-13(3)16(19-11-18-15)20-12(2)7-8-14-6-5-10-21-14/h5-6,10-12H,4,7-9H2,1-3H3,(H2,17,18,19,20). The lowest BCUT2D eigenvalue weighted by Gasteiger charge is -2.17. The number of furan rings is 1. The normalized spacial score (nSPS) is 12.1. The molecular formula is C16H24N4O. The molecule has 5 nitrogen and oxygen atoms in total. The average Bonchev–Trinajstić information content (AvgIpc) is 2.99. The van der Waals surface area contributed by atoms with Gasteiger partial charge in [0, 0.05) is 24.6 Å². The molecule has 0 aliphatic carbocycles. The van der Waals surface area contributed by atoms with Gasteiger partial charge in [-0.2, -0.15) is 0 Å². The third-order valence-electron chi connectivity index (χ3n) is 3.41. The van der Waals surface area contributed by atoms with Crippen molar-refractivity contribution in [2.75, 3.05) is 17.2 Å². The Hall–Kier alpha value is -2.04. The fourth-order valence-corrected chi connectivity index (χ4v) is 2.14. The summed E-state index contributed by atoms with van der Waals surface area (Å²) in [7, 11) is 0. The summed E-state index contributed by atoms with van der Waals surface area (Å²) in [5.74, 6) is 2.83. The van der Waals surface area contributed by atoms with Gasteiger partial charge in [0.05, 0.1) is 6.26 Å². The highest BCUT2D eigenvalue weighted by atomic mass is 16.3. The second-order valence-corrected chi connectivity index (χ2v) is 5.29. The Balaban J connectivity index is 1.92. The summed E-state index contributed by atoms with van der Waals surface area (Å²) in [6.07, 6.45) is 6.31. The summed E-state index contributed by atoms with van der Waals surface area (Å²) < 4.78 is 5.36. The van der Waals surface area contributed by atoms with Crippen molar-refractivity contribution in [3.8, 4) is 0 Å². The van der Waals surface area contributed by atoms with Gasteiger partial charge < -0.3 is 15.1 Å². The van der Waals surface area contributed by atoms with Gasteiger partial charge in [0.2, 0.25) is 0 Å². The number of hydrogen-bond acceptors (Lipinski definition) is 5. The lowest BCUT2D eigenvalue weighted by Crippen LogP contribution is -2.18. The van der Waals surface area contributed by atoms with Gasteiger partial charge in [-0.1, -0.05) is 6.92 Å². The van der Waals surface area contributed by atoms with Crippen molar-refractivity contribution in [3.63, 3.8) is 0 Å². The molecule has 0 amide bonds. The zero-order chi connectivity index (χ0) is 15.1. The number of hydrogen-bond donors (Lipinski definition) is 2. The van der Waals surface area contributed by atoms with Crippen LogP contribution in [0.5, 0.6) is 0 Å². The number of anilines is 2. The van der Waals surface area contributed by atoms with Crippen LogP contribution in [0.4, 0.5) is 11.6 Å². The Bertz CT molecular complexity index is 539. The molecular weight excluding hydrogens is 264 g/mol. The Morgan fingerprint density at radius 3 is 2.81 bits per heavy atom. The lowest BCUT2D eigenvalue weighted by atomic mass is 10.1. The first kappa shape index (κ1) is 15.4. The topological polar surface area (TPSA) is 63.0 Å². The molecule has 2 aromatic rings. The summed E-state index contributed by atoms with van der Waals surface area (Å²) in [5.41, 5.74) is 1.07. The number of rotatable bonds is 8. The number of aryl methyl sites for hydroxylation is 1. The Morgan fingerprint density at radius 2 is 2.10 bits per heavy atom. The van der Waals surface area contributed by atoms with Crippen LogP contribution in [0.25, 0.3) is 0 Å². The summed E-state index contributed by atoms with van der Waals surface area (Å²) >= 11 is 0. The van der Waals surface area contributed by atoms with Crippen LogP contribution in [-0.4, -0.2) is 22.6 Å². The number of aromatic nitrogens is 2. The first-order valence-corrected chi connectivity index (χ1v) is 7.55. The molecule has 0 aliphatic rings. The molecule has 2 heterocycles. The van der Waals surface area contributed by atoms with Crippen molar-refractivity contribution < 1.29 is 4.42 Å². The van der Waals surface area contributed by atoms with Gasteiger partial charge in [0.15, 0.2) is 0 Å². The second kappa shape index (κ2) is 7.67. The van der Waals surface area contributed by atoms with E-state index in [2.05, 4.69) is 34.4 Å².